The zero-order valence-electron chi connectivity index (χ0n) is 7.81. The Kier molecular flexibility index (Phi) is 3.23. The van der Waals surface area contributed by atoms with E-state index in [1.165, 1.54) is 4.57 Å². The fourth-order valence-electron chi connectivity index (χ4n) is 1.23. The normalized spacial score (nSPS) is 9.71. The van der Waals surface area contributed by atoms with E-state index in [-0.39, 0.29) is 0 Å². The van der Waals surface area contributed by atoms with Crippen molar-refractivity contribution in [1.82, 2.24) is 9.55 Å². The van der Waals surface area contributed by atoms with Crippen molar-refractivity contribution in [3.63, 3.8) is 0 Å². The van der Waals surface area contributed by atoms with E-state index in [0.717, 1.165) is 0 Å². The Morgan fingerprint density at radius 3 is 2.64 bits per heavy atom. The van der Waals surface area contributed by atoms with Crippen molar-refractivity contribution in [1.29, 1.82) is 0 Å². The number of nitrogens with zero attached hydrogens (tertiary/aromatic N) is 2. The number of rotatable bonds is 4. The molecule has 0 unspecified atom stereocenters. The molecule has 1 N–H and O–H groups in total. The molecule has 1 heterocycles. The first-order valence-electron chi connectivity index (χ1n) is 4.21. The molecule has 0 saturated heterocycles. The molecule has 0 atom stereocenters. The van der Waals surface area contributed by atoms with Crippen LogP contribution in [0.25, 0.3) is 0 Å². The van der Waals surface area contributed by atoms with Gasteiger partial charge < -0.3 is 5.11 Å². The third-order valence-electron chi connectivity index (χ3n) is 1.78. The summed E-state index contributed by atoms with van der Waals surface area (Å²) in [7, 11) is 0. The van der Waals surface area contributed by atoms with Crippen molar-refractivity contribution in [3.8, 4) is 0 Å². The lowest BCUT2D eigenvalue weighted by atomic mass is 10.3. The summed E-state index contributed by atoms with van der Waals surface area (Å²) in [4.78, 5) is 14.9. The van der Waals surface area contributed by atoms with Crippen LogP contribution in [-0.2, 0) is 12.8 Å². The molecule has 0 amide bonds. The van der Waals surface area contributed by atoms with E-state index in [1.807, 2.05) is 0 Å². The van der Waals surface area contributed by atoms with Crippen LogP contribution in [-0.4, -0.2) is 20.8 Å². The first kappa shape index (κ1) is 10.2. The summed E-state index contributed by atoms with van der Waals surface area (Å²) in [6.45, 7) is 7.10. The van der Waals surface area contributed by atoms with Gasteiger partial charge in [-0.2, -0.15) is 0 Å². The third kappa shape index (κ3) is 1.90. The van der Waals surface area contributed by atoms with Crippen LogP contribution in [0.4, 0.5) is 4.79 Å². The van der Waals surface area contributed by atoms with E-state index in [0.29, 0.717) is 24.4 Å². The maximum absolute atomic E-state index is 10.9. The van der Waals surface area contributed by atoms with Gasteiger partial charge in [-0.05, 0) is 0 Å². The zero-order valence-corrected chi connectivity index (χ0v) is 7.81. The number of carbonyl (C=O) groups is 1. The van der Waals surface area contributed by atoms with Crippen molar-refractivity contribution in [2.75, 3.05) is 0 Å². The van der Waals surface area contributed by atoms with Gasteiger partial charge in [-0.25, -0.2) is 14.3 Å². The zero-order chi connectivity index (χ0) is 10.6. The number of hydrogen-bond donors (Lipinski definition) is 1. The molecule has 1 rings (SSSR count). The van der Waals surface area contributed by atoms with Crippen LogP contribution in [0.15, 0.2) is 31.5 Å². The molecule has 14 heavy (non-hydrogen) atoms. The number of allylic oxidation sites excluding steroid dienone is 2. The predicted octanol–water partition coefficient (Wildman–Crippen LogP) is 1.87. The van der Waals surface area contributed by atoms with Crippen molar-refractivity contribution in [3.05, 3.63) is 43.0 Å². The van der Waals surface area contributed by atoms with Gasteiger partial charge in [0, 0.05) is 19.0 Å². The van der Waals surface area contributed by atoms with Crippen LogP contribution < -0.4 is 0 Å². The Morgan fingerprint density at radius 1 is 1.50 bits per heavy atom. The van der Waals surface area contributed by atoms with Crippen LogP contribution in [0, 0.1) is 0 Å². The van der Waals surface area contributed by atoms with Crippen LogP contribution >= 0.6 is 0 Å². The van der Waals surface area contributed by atoms with Gasteiger partial charge in [-0.1, -0.05) is 12.2 Å². The van der Waals surface area contributed by atoms with Crippen LogP contribution in [0.2, 0.25) is 0 Å². The van der Waals surface area contributed by atoms with Gasteiger partial charge in [-0.3, -0.25) is 0 Å². The van der Waals surface area contributed by atoms with Crippen molar-refractivity contribution in [2.45, 2.75) is 12.8 Å². The summed E-state index contributed by atoms with van der Waals surface area (Å²) >= 11 is 0. The molecule has 0 aliphatic carbocycles. The number of hydrogen-bond acceptors (Lipinski definition) is 2. The monoisotopic (exact) mass is 192 g/mol. The molecule has 0 aliphatic heterocycles. The fraction of sp³-hybridized carbons (Fsp3) is 0.200. The summed E-state index contributed by atoms with van der Waals surface area (Å²) < 4.78 is 1.17. The van der Waals surface area contributed by atoms with Gasteiger partial charge in [0.15, 0.2) is 0 Å². The van der Waals surface area contributed by atoms with Gasteiger partial charge in [0.25, 0.3) is 0 Å². The molecule has 4 heteroatoms. The highest BCUT2D eigenvalue weighted by molar-refractivity contribution is 5.70. The summed E-state index contributed by atoms with van der Waals surface area (Å²) in [5.74, 6) is 0.490. The minimum atomic E-state index is -1.02. The lowest BCUT2D eigenvalue weighted by Crippen LogP contribution is -2.14. The van der Waals surface area contributed by atoms with Gasteiger partial charge >= 0.3 is 6.09 Å². The maximum atomic E-state index is 10.9. The highest BCUT2D eigenvalue weighted by atomic mass is 16.4. The standard InChI is InChI=1S/C10H12N2O2/c1-3-5-8-7-11-9(6-4-2)12(8)10(13)14/h3-4,7H,1-2,5-6H2,(H,13,14). The van der Waals surface area contributed by atoms with Crippen molar-refractivity contribution in [2.24, 2.45) is 0 Å². The second kappa shape index (κ2) is 4.41. The van der Waals surface area contributed by atoms with E-state index in [9.17, 15) is 4.79 Å². The fourth-order valence-corrected chi connectivity index (χ4v) is 1.23. The summed E-state index contributed by atoms with van der Waals surface area (Å²) in [6, 6.07) is 0. The van der Waals surface area contributed by atoms with Crippen LogP contribution in [0.1, 0.15) is 11.5 Å². The maximum Gasteiger partial charge on any atom is 0.417 e. The molecule has 0 aromatic carbocycles. The smallest absolute Gasteiger partial charge is 0.417 e. The van der Waals surface area contributed by atoms with Crippen LogP contribution in [0.5, 0.6) is 0 Å². The molecular weight excluding hydrogens is 180 g/mol. The number of carboxylic acid groups (broad SMARTS) is 1. The average Bonchev–Trinajstić information content (AvgIpc) is 2.49. The van der Waals surface area contributed by atoms with E-state index >= 15 is 0 Å². The van der Waals surface area contributed by atoms with E-state index in [1.54, 1.807) is 18.3 Å². The minimum Gasteiger partial charge on any atom is -0.464 e. The third-order valence-corrected chi connectivity index (χ3v) is 1.78. The first-order valence-corrected chi connectivity index (χ1v) is 4.21. The van der Waals surface area contributed by atoms with E-state index in [2.05, 4.69) is 18.1 Å². The van der Waals surface area contributed by atoms with Gasteiger partial charge in [0.1, 0.15) is 5.82 Å². The van der Waals surface area contributed by atoms with E-state index in [4.69, 9.17) is 5.11 Å². The topological polar surface area (TPSA) is 55.1 Å². The van der Waals surface area contributed by atoms with Crippen molar-refractivity contribution < 1.29 is 9.90 Å². The van der Waals surface area contributed by atoms with Gasteiger partial charge in [0.2, 0.25) is 0 Å². The lowest BCUT2D eigenvalue weighted by molar-refractivity contribution is 0.195. The molecule has 0 fully saturated rings. The number of aromatic nitrogens is 2. The van der Waals surface area contributed by atoms with E-state index < -0.39 is 6.09 Å². The Morgan fingerprint density at radius 2 is 2.14 bits per heavy atom. The second-order valence-electron chi connectivity index (χ2n) is 2.77. The summed E-state index contributed by atoms with van der Waals surface area (Å²) in [6.07, 6.45) is 4.75. The predicted molar refractivity (Wildman–Crippen MR) is 53.5 cm³/mol. The highest BCUT2D eigenvalue weighted by Crippen LogP contribution is 2.07. The van der Waals surface area contributed by atoms with Crippen LogP contribution in [0.3, 0.4) is 0 Å². The second-order valence-corrected chi connectivity index (χ2v) is 2.77. The minimum absolute atomic E-state index is 0.448. The SMILES string of the molecule is C=CCc1cnc(CC=C)n1C(=O)O. The first-order chi connectivity index (χ1) is 6.70. The van der Waals surface area contributed by atoms with Crippen molar-refractivity contribution >= 4 is 6.09 Å². The Balaban J connectivity index is 3.12. The summed E-state index contributed by atoms with van der Waals surface area (Å²) in [5.41, 5.74) is 0.629. The number of imidazole rings is 1. The molecule has 1 aromatic rings. The molecule has 74 valence electrons. The Labute approximate surface area is 82.2 Å². The van der Waals surface area contributed by atoms with Gasteiger partial charge in [0.05, 0.1) is 5.69 Å². The lowest BCUT2D eigenvalue weighted by Gasteiger charge is -2.02. The quantitative estimate of drug-likeness (QED) is 0.741. The molecule has 1 aromatic heterocycles. The molecule has 0 bridgehead atoms. The Hall–Kier alpha value is -1.84. The molecule has 4 nitrogen and oxygen atoms in total. The van der Waals surface area contributed by atoms with Gasteiger partial charge in [-0.15, -0.1) is 13.2 Å². The molecule has 0 saturated carbocycles. The summed E-state index contributed by atoms with van der Waals surface area (Å²) in [5, 5.41) is 8.94. The average molecular weight is 192 g/mol. The molecule has 0 spiro atoms. The molecular formula is C10H12N2O2. The largest absolute Gasteiger partial charge is 0.464 e. The Bertz CT molecular complexity index is 339. The highest BCUT2D eigenvalue weighted by Gasteiger charge is 2.12. The molecule has 0 aliphatic rings. The molecule has 0 radical (unpaired) electrons.